The molecule has 7 nitrogen and oxygen atoms in total. The van der Waals surface area contributed by atoms with Crippen LogP contribution in [0.5, 0.6) is 0 Å². The van der Waals surface area contributed by atoms with E-state index in [0.717, 1.165) is 4.90 Å². The molecule has 1 aliphatic heterocycles. The number of benzene rings is 4. The predicted molar refractivity (Wildman–Crippen MR) is 167 cm³/mol. The van der Waals surface area contributed by atoms with Crippen molar-refractivity contribution in [2.75, 3.05) is 10.2 Å². The second-order valence-corrected chi connectivity index (χ2v) is 11.4. The summed E-state index contributed by atoms with van der Waals surface area (Å²) >= 11 is 13.8. The summed E-state index contributed by atoms with van der Waals surface area (Å²) in [6, 6.07) is 25.2. The molecule has 1 fully saturated rings. The van der Waals surface area contributed by atoms with Crippen LogP contribution in [0.2, 0.25) is 10.0 Å². The van der Waals surface area contributed by atoms with E-state index in [0.29, 0.717) is 37.4 Å². The number of hydrogen-bond donors (Lipinski definition) is 2. The summed E-state index contributed by atoms with van der Waals surface area (Å²) in [5, 5.41) is 5.33. The molecule has 43 heavy (non-hydrogen) atoms. The Labute approximate surface area is 260 Å². The van der Waals surface area contributed by atoms with Crippen LogP contribution in [-0.2, 0) is 14.4 Å². The molecule has 1 aliphatic rings. The molecular weight excluding hydrogens is 612 g/mol. The topological polar surface area (TPSA) is 95.6 Å². The van der Waals surface area contributed by atoms with E-state index in [1.54, 1.807) is 72.8 Å². The Kier molecular flexibility index (Phi) is 9.25. The van der Waals surface area contributed by atoms with E-state index in [2.05, 4.69) is 10.6 Å². The van der Waals surface area contributed by atoms with Crippen LogP contribution < -0.4 is 15.5 Å². The molecule has 0 radical (unpaired) electrons. The number of hydrogen-bond acceptors (Lipinski definition) is 5. The fraction of sp³-hybridized carbons (Fsp3) is 0.0625. The van der Waals surface area contributed by atoms with Crippen molar-refractivity contribution in [1.82, 2.24) is 5.32 Å². The third-order valence-electron chi connectivity index (χ3n) is 6.40. The highest BCUT2D eigenvalue weighted by Gasteiger charge is 2.40. The van der Waals surface area contributed by atoms with Crippen molar-refractivity contribution in [3.8, 4) is 0 Å². The van der Waals surface area contributed by atoms with E-state index in [1.807, 2.05) is 0 Å². The minimum absolute atomic E-state index is 0.000758. The van der Waals surface area contributed by atoms with Crippen molar-refractivity contribution in [2.24, 2.45) is 0 Å². The summed E-state index contributed by atoms with van der Waals surface area (Å²) in [7, 11) is 0. The van der Waals surface area contributed by atoms with Crippen molar-refractivity contribution >= 4 is 76.0 Å². The first-order valence-corrected chi connectivity index (χ1v) is 14.6. The van der Waals surface area contributed by atoms with Crippen LogP contribution in [0, 0.1) is 5.82 Å². The van der Waals surface area contributed by atoms with Crippen LogP contribution >= 0.6 is 35.0 Å². The quantitative estimate of drug-likeness (QED) is 0.161. The van der Waals surface area contributed by atoms with E-state index in [-0.39, 0.29) is 23.9 Å². The van der Waals surface area contributed by atoms with Gasteiger partial charge in [-0.3, -0.25) is 19.2 Å². The van der Waals surface area contributed by atoms with Crippen LogP contribution in [0.25, 0.3) is 6.08 Å². The molecule has 4 amide bonds. The van der Waals surface area contributed by atoms with Gasteiger partial charge in [0.25, 0.3) is 11.8 Å². The molecule has 1 saturated heterocycles. The number of amides is 4. The third-order valence-corrected chi connectivity index (χ3v) is 8.25. The van der Waals surface area contributed by atoms with Gasteiger partial charge in [0.05, 0.1) is 10.9 Å². The summed E-state index contributed by atoms with van der Waals surface area (Å²) in [5.74, 6) is -2.33. The zero-order chi connectivity index (χ0) is 30.5. The van der Waals surface area contributed by atoms with Gasteiger partial charge in [-0.2, -0.15) is 0 Å². The molecule has 4 aromatic carbocycles. The van der Waals surface area contributed by atoms with Gasteiger partial charge in [-0.05, 0) is 78.9 Å². The molecule has 216 valence electrons. The monoisotopic (exact) mass is 633 g/mol. The maximum atomic E-state index is 13.3. The number of imide groups is 1. The van der Waals surface area contributed by atoms with Crippen LogP contribution in [0.15, 0.2) is 108 Å². The van der Waals surface area contributed by atoms with Gasteiger partial charge in [0.15, 0.2) is 0 Å². The molecule has 4 aromatic rings. The molecule has 2 N–H and O–H groups in total. The van der Waals surface area contributed by atoms with E-state index in [4.69, 9.17) is 23.2 Å². The fourth-order valence-corrected chi connectivity index (χ4v) is 5.83. The fourth-order valence-electron chi connectivity index (χ4n) is 4.27. The van der Waals surface area contributed by atoms with E-state index in [1.165, 1.54) is 42.1 Å². The van der Waals surface area contributed by atoms with Crippen LogP contribution in [0.3, 0.4) is 0 Å². The largest absolute Gasteiger partial charge is 0.321 e. The number of halogens is 3. The lowest BCUT2D eigenvalue weighted by atomic mass is 10.1. The van der Waals surface area contributed by atoms with Crippen LogP contribution in [0.1, 0.15) is 22.3 Å². The van der Waals surface area contributed by atoms with Gasteiger partial charge in [0.1, 0.15) is 11.5 Å². The number of nitrogens with zero attached hydrogens (tertiary/aromatic N) is 1. The first kappa shape index (κ1) is 30.0. The second kappa shape index (κ2) is 13.2. The van der Waals surface area contributed by atoms with Gasteiger partial charge in [-0.25, -0.2) is 9.29 Å². The Morgan fingerprint density at radius 2 is 1.51 bits per heavy atom. The smallest absolute Gasteiger partial charge is 0.272 e. The van der Waals surface area contributed by atoms with Gasteiger partial charge in [-0.1, -0.05) is 47.5 Å². The van der Waals surface area contributed by atoms with Gasteiger partial charge in [0, 0.05) is 38.2 Å². The zero-order valence-electron chi connectivity index (χ0n) is 22.2. The first-order chi connectivity index (χ1) is 20.7. The summed E-state index contributed by atoms with van der Waals surface area (Å²) in [4.78, 5) is 53.5. The standard InChI is InChI=1S/C32H22Cl2FN3O4S/c33-25-7-4-8-26(34)24(25)17-27(37-30(40)19-5-2-1-3-6-19)31(41)36-21-11-15-23(16-12-21)43-28-18-29(39)38(32(28)42)22-13-9-20(35)10-14-22/h1-17,28H,18H2,(H,36,41)(H,37,40)/b27-17-. The molecule has 11 heteroatoms. The number of thioether (sulfide) groups is 1. The molecule has 0 aliphatic carbocycles. The number of carbonyl (C=O) groups excluding carboxylic acids is 4. The SMILES string of the molecule is O=C(Nc1ccc(SC2CC(=O)N(c3ccc(F)cc3)C2=O)cc1)/C(=C/c1c(Cl)cccc1Cl)NC(=O)c1ccccc1. The van der Waals surface area contributed by atoms with Gasteiger partial charge in [0.2, 0.25) is 11.8 Å². The normalized spacial score (nSPS) is 15.0. The Hall–Kier alpha value is -4.44. The molecule has 0 saturated carbocycles. The zero-order valence-corrected chi connectivity index (χ0v) is 24.6. The highest BCUT2D eigenvalue weighted by atomic mass is 35.5. The van der Waals surface area contributed by atoms with Crippen molar-refractivity contribution in [3.63, 3.8) is 0 Å². The molecular formula is C32H22Cl2FN3O4S. The lowest BCUT2D eigenvalue weighted by Crippen LogP contribution is -2.31. The molecule has 1 unspecified atom stereocenters. The molecule has 1 atom stereocenters. The van der Waals surface area contributed by atoms with E-state index < -0.39 is 22.9 Å². The van der Waals surface area contributed by atoms with E-state index >= 15 is 0 Å². The summed E-state index contributed by atoms with van der Waals surface area (Å²) in [5.41, 5.74) is 1.37. The molecule has 0 bridgehead atoms. The van der Waals surface area contributed by atoms with Gasteiger partial charge in [-0.15, -0.1) is 11.8 Å². The lowest BCUT2D eigenvalue weighted by molar-refractivity contribution is -0.121. The van der Waals surface area contributed by atoms with Crippen molar-refractivity contribution in [1.29, 1.82) is 0 Å². The average Bonchev–Trinajstić information content (AvgIpc) is 3.28. The van der Waals surface area contributed by atoms with Gasteiger partial charge >= 0.3 is 0 Å². The number of nitrogens with one attached hydrogen (secondary N) is 2. The highest BCUT2D eigenvalue weighted by molar-refractivity contribution is 8.00. The Morgan fingerprint density at radius 3 is 2.16 bits per heavy atom. The van der Waals surface area contributed by atoms with Crippen molar-refractivity contribution < 1.29 is 23.6 Å². The minimum Gasteiger partial charge on any atom is -0.321 e. The number of carbonyl (C=O) groups is 4. The Bertz CT molecular complexity index is 1710. The lowest BCUT2D eigenvalue weighted by Gasteiger charge is -2.15. The third kappa shape index (κ3) is 7.14. The molecule has 0 aromatic heterocycles. The minimum atomic E-state index is -0.652. The molecule has 5 rings (SSSR count). The predicted octanol–water partition coefficient (Wildman–Crippen LogP) is 6.97. The molecule has 0 spiro atoms. The maximum Gasteiger partial charge on any atom is 0.272 e. The summed E-state index contributed by atoms with van der Waals surface area (Å²) in [6.45, 7) is 0. The number of anilines is 2. The van der Waals surface area contributed by atoms with Gasteiger partial charge < -0.3 is 10.6 Å². The second-order valence-electron chi connectivity index (χ2n) is 9.35. The maximum absolute atomic E-state index is 13.3. The summed E-state index contributed by atoms with van der Waals surface area (Å²) in [6.07, 6.45) is 1.40. The van der Waals surface area contributed by atoms with Crippen LogP contribution in [0.4, 0.5) is 15.8 Å². The van der Waals surface area contributed by atoms with Crippen LogP contribution in [-0.4, -0.2) is 28.9 Å². The summed E-state index contributed by atoms with van der Waals surface area (Å²) < 4.78 is 13.3. The van der Waals surface area contributed by atoms with Crippen molar-refractivity contribution in [3.05, 3.63) is 130 Å². The molecule has 1 heterocycles. The van der Waals surface area contributed by atoms with Crippen molar-refractivity contribution in [2.45, 2.75) is 16.6 Å². The Morgan fingerprint density at radius 1 is 0.860 bits per heavy atom. The Balaban J connectivity index is 1.30. The van der Waals surface area contributed by atoms with E-state index in [9.17, 15) is 23.6 Å². The number of rotatable bonds is 8. The first-order valence-electron chi connectivity index (χ1n) is 12.9. The highest BCUT2D eigenvalue weighted by Crippen LogP contribution is 2.34. The average molecular weight is 635 g/mol.